The van der Waals surface area contributed by atoms with Gasteiger partial charge in [0.25, 0.3) is 5.79 Å². The van der Waals surface area contributed by atoms with Crippen LogP contribution in [0, 0.1) is 0 Å². The number of Topliss-reactive ketones (excluding diaryl/α,β-unsaturated/α-hetero) is 1. The highest BCUT2D eigenvalue weighted by atomic mass is 16.7. The molecule has 1 heterocycles. The van der Waals surface area contributed by atoms with Gasteiger partial charge in [-0.05, 0) is 12.1 Å². The summed E-state index contributed by atoms with van der Waals surface area (Å²) in [7, 11) is 1.50. The van der Waals surface area contributed by atoms with Gasteiger partial charge >= 0.3 is 0 Å². The minimum absolute atomic E-state index is 0.238. The summed E-state index contributed by atoms with van der Waals surface area (Å²) in [6.07, 6.45) is 0. The number of fused-ring (bicyclic) bond motifs is 5. The first-order chi connectivity index (χ1) is 10.0. The van der Waals surface area contributed by atoms with Crippen LogP contribution in [0.5, 0.6) is 11.5 Å². The minimum Gasteiger partial charge on any atom is -0.497 e. The summed E-state index contributed by atoms with van der Waals surface area (Å²) in [5, 5.41) is 21.8. The fraction of sp³-hybridized carbons (Fsp3) is 0.188. The number of ether oxygens (including phenoxy) is 2. The Balaban J connectivity index is 2.00. The Kier molecular flexibility index (Phi) is 2.14. The summed E-state index contributed by atoms with van der Waals surface area (Å²) in [4.78, 5) is 12.6. The number of carbonyl (C=O) groups excluding carboxylic acids is 1. The lowest BCUT2D eigenvalue weighted by atomic mass is 9.87. The highest BCUT2D eigenvalue weighted by Crippen LogP contribution is 2.58. The van der Waals surface area contributed by atoms with Crippen molar-refractivity contribution in [2.45, 2.75) is 11.4 Å². The maximum absolute atomic E-state index is 12.6. The first kappa shape index (κ1) is 12.4. The van der Waals surface area contributed by atoms with Crippen LogP contribution in [0.2, 0.25) is 0 Å². The van der Waals surface area contributed by atoms with Gasteiger partial charge in [0.05, 0.1) is 7.11 Å². The summed E-state index contributed by atoms with van der Waals surface area (Å²) in [5.41, 5.74) is -1.35. The van der Waals surface area contributed by atoms with E-state index in [1.807, 2.05) is 0 Å². The standard InChI is InChI=1S/C16H12O5/c1-20-9-6-7-12-13(8-9)21-16(19)11-5-3-2-4-10(11)14(17)15(12,16)18/h2-8,18-19H,1H3. The molecule has 0 saturated heterocycles. The van der Waals surface area contributed by atoms with E-state index in [2.05, 4.69) is 0 Å². The summed E-state index contributed by atoms with van der Waals surface area (Å²) in [6.45, 7) is 0. The van der Waals surface area contributed by atoms with Crippen molar-refractivity contribution in [1.29, 1.82) is 0 Å². The van der Waals surface area contributed by atoms with Crippen molar-refractivity contribution < 1.29 is 24.5 Å². The molecule has 0 spiro atoms. The molecule has 2 aliphatic rings. The van der Waals surface area contributed by atoms with Gasteiger partial charge in [-0.25, -0.2) is 0 Å². The second kappa shape index (κ2) is 3.63. The Hall–Kier alpha value is -2.37. The van der Waals surface area contributed by atoms with Gasteiger partial charge in [-0.2, -0.15) is 0 Å². The predicted octanol–water partition coefficient (Wildman–Crippen LogP) is 1.32. The molecular formula is C16H12O5. The SMILES string of the molecule is COc1ccc2c(c1)OC1(O)c3ccccc3C(=O)C21O. The number of ketones is 1. The van der Waals surface area contributed by atoms with Crippen LogP contribution in [0.25, 0.3) is 0 Å². The monoisotopic (exact) mass is 284 g/mol. The van der Waals surface area contributed by atoms with Gasteiger partial charge in [0.1, 0.15) is 11.5 Å². The van der Waals surface area contributed by atoms with Crippen molar-refractivity contribution in [2.24, 2.45) is 0 Å². The van der Waals surface area contributed by atoms with E-state index in [0.717, 1.165) is 0 Å². The van der Waals surface area contributed by atoms with Gasteiger partial charge in [-0.1, -0.05) is 24.3 Å². The summed E-state index contributed by atoms with van der Waals surface area (Å²) in [6, 6.07) is 11.2. The Bertz CT molecular complexity index is 784. The molecule has 4 rings (SSSR count). The molecule has 2 atom stereocenters. The number of rotatable bonds is 1. The molecule has 0 aromatic heterocycles. The lowest BCUT2D eigenvalue weighted by Gasteiger charge is -2.28. The van der Waals surface area contributed by atoms with E-state index < -0.39 is 17.2 Å². The minimum atomic E-state index is -2.13. The quantitative estimate of drug-likeness (QED) is 0.826. The van der Waals surface area contributed by atoms with Crippen molar-refractivity contribution in [3.05, 3.63) is 59.2 Å². The van der Waals surface area contributed by atoms with Crippen molar-refractivity contribution in [1.82, 2.24) is 0 Å². The first-order valence-corrected chi connectivity index (χ1v) is 6.49. The fourth-order valence-electron chi connectivity index (χ4n) is 3.13. The fourth-order valence-corrected chi connectivity index (χ4v) is 3.13. The molecule has 0 radical (unpaired) electrons. The second-order valence-corrected chi connectivity index (χ2v) is 5.19. The molecule has 5 heteroatoms. The molecule has 5 nitrogen and oxygen atoms in total. The topological polar surface area (TPSA) is 76.0 Å². The lowest BCUT2D eigenvalue weighted by Crippen LogP contribution is -2.48. The van der Waals surface area contributed by atoms with Gasteiger partial charge in [0.2, 0.25) is 11.4 Å². The van der Waals surface area contributed by atoms with Gasteiger partial charge < -0.3 is 19.7 Å². The van der Waals surface area contributed by atoms with Crippen LogP contribution in [0.15, 0.2) is 42.5 Å². The molecule has 1 aliphatic heterocycles. The molecule has 0 fully saturated rings. The van der Waals surface area contributed by atoms with Crippen molar-refractivity contribution in [3.63, 3.8) is 0 Å². The highest BCUT2D eigenvalue weighted by Gasteiger charge is 2.70. The van der Waals surface area contributed by atoms with E-state index in [-0.39, 0.29) is 22.4 Å². The number of aliphatic hydroxyl groups is 2. The molecule has 0 bridgehead atoms. The van der Waals surface area contributed by atoms with Crippen LogP contribution < -0.4 is 9.47 Å². The molecule has 2 N–H and O–H groups in total. The number of methoxy groups -OCH3 is 1. The van der Waals surface area contributed by atoms with Crippen LogP contribution in [0.4, 0.5) is 0 Å². The summed E-state index contributed by atoms with van der Waals surface area (Å²) < 4.78 is 10.7. The number of carbonyl (C=O) groups is 1. The van der Waals surface area contributed by atoms with E-state index in [1.54, 1.807) is 36.4 Å². The zero-order chi connectivity index (χ0) is 14.8. The third-order valence-electron chi connectivity index (χ3n) is 4.19. The van der Waals surface area contributed by atoms with Gasteiger partial charge in [-0.3, -0.25) is 4.79 Å². The maximum atomic E-state index is 12.6. The average Bonchev–Trinajstić information content (AvgIpc) is 2.84. The Morgan fingerprint density at radius 2 is 1.86 bits per heavy atom. The number of hydrogen-bond acceptors (Lipinski definition) is 5. The van der Waals surface area contributed by atoms with Crippen LogP contribution in [0.1, 0.15) is 21.5 Å². The molecule has 2 aromatic rings. The number of benzene rings is 2. The van der Waals surface area contributed by atoms with Crippen LogP contribution >= 0.6 is 0 Å². The Morgan fingerprint density at radius 1 is 1.10 bits per heavy atom. The van der Waals surface area contributed by atoms with E-state index in [4.69, 9.17) is 9.47 Å². The molecule has 2 aromatic carbocycles. The second-order valence-electron chi connectivity index (χ2n) is 5.19. The van der Waals surface area contributed by atoms with Gasteiger partial charge in [-0.15, -0.1) is 0 Å². The van der Waals surface area contributed by atoms with Gasteiger partial charge in [0.15, 0.2) is 0 Å². The van der Waals surface area contributed by atoms with E-state index in [0.29, 0.717) is 5.75 Å². The van der Waals surface area contributed by atoms with Crippen LogP contribution in [-0.4, -0.2) is 23.1 Å². The molecule has 106 valence electrons. The Labute approximate surface area is 120 Å². The third kappa shape index (κ3) is 1.21. The number of hydrogen-bond donors (Lipinski definition) is 2. The smallest absolute Gasteiger partial charge is 0.276 e. The zero-order valence-electron chi connectivity index (χ0n) is 11.2. The summed E-state index contributed by atoms with van der Waals surface area (Å²) >= 11 is 0. The molecule has 0 amide bonds. The van der Waals surface area contributed by atoms with Crippen LogP contribution in [-0.2, 0) is 11.4 Å². The average molecular weight is 284 g/mol. The van der Waals surface area contributed by atoms with Crippen molar-refractivity contribution in [2.75, 3.05) is 7.11 Å². The van der Waals surface area contributed by atoms with Gasteiger partial charge in [0, 0.05) is 22.8 Å². The molecular weight excluding hydrogens is 272 g/mol. The first-order valence-electron chi connectivity index (χ1n) is 6.49. The predicted molar refractivity (Wildman–Crippen MR) is 72.2 cm³/mol. The Morgan fingerprint density at radius 3 is 2.62 bits per heavy atom. The van der Waals surface area contributed by atoms with E-state index in [1.165, 1.54) is 13.2 Å². The van der Waals surface area contributed by atoms with Crippen molar-refractivity contribution >= 4 is 5.78 Å². The normalized spacial score (nSPS) is 28.6. The largest absolute Gasteiger partial charge is 0.497 e. The molecule has 21 heavy (non-hydrogen) atoms. The third-order valence-corrected chi connectivity index (χ3v) is 4.19. The summed E-state index contributed by atoms with van der Waals surface area (Å²) in [5.74, 6) is -1.91. The van der Waals surface area contributed by atoms with E-state index in [9.17, 15) is 15.0 Å². The van der Waals surface area contributed by atoms with E-state index >= 15 is 0 Å². The molecule has 2 unspecified atom stereocenters. The maximum Gasteiger partial charge on any atom is 0.276 e. The van der Waals surface area contributed by atoms with Crippen molar-refractivity contribution in [3.8, 4) is 11.5 Å². The molecule has 0 saturated carbocycles. The molecule has 1 aliphatic carbocycles. The lowest BCUT2D eigenvalue weighted by molar-refractivity contribution is -0.224. The van der Waals surface area contributed by atoms with Crippen LogP contribution in [0.3, 0.4) is 0 Å². The zero-order valence-corrected chi connectivity index (χ0v) is 11.2. The highest BCUT2D eigenvalue weighted by molar-refractivity contribution is 6.09.